The van der Waals surface area contributed by atoms with Crippen molar-refractivity contribution in [2.75, 3.05) is 0 Å². The van der Waals surface area contributed by atoms with E-state index in [1.807, 2.05) is 0 Å². The van der Waals surface area contributed by atoms with Gasteiger partial charge >= 0.3 is 0 Å². The van der Waals surface area contributed by atoms with Gasteiger partial charge in [0.15, 0.2) is 0 Å². The van der Waals surface area contributed by atoms with Crippen LogP contribution in [0.4, 0.5) is 0 Å². The normalized spacial score (nSPS) is 11.4. The van der Waals surface area contributed by atoms with Crippen molar-refractivity contribution in [3.8, 4) is 11.1 Å². The predicted octanol–water partition coefficient (Wildman–Crippen LogP) is 0.262. The monoisotopic (exact) mass is 245 g/mol. The van der Waals surface area contributed by atoms with Gasteiger partial charge < -0.3 is 17.0 Å². The zero-order valence-corrected chi connectivity index (χ0v) is 9.29. The van der Waals surface area contributed by atoms with Crippen LogP contribution < -0.4 is 17.0 Å². The standard InChI is InChI=1S/C13H10.BrH/c1-3-7-12-10(5-1)9-11-6-2-4-8-13(11)12;/h1-8H,9H2;1H/p-1. The second kappa shape index (κ2) is 3.58. The lowest BCUT2D eigenvalue weighted by Gasteiger charge is -1.98. The van der Waals surface area contributed by atoms with Crippen molar-refractivity contribution >= 4 is 0 Å². The SMILES string of the molecule is [Br-].c1ccc2c(c1)Cc1ccccc1-2. The van der Waals surface area contributed by atoms with E-state index < -0.39 is 0 Å². The Morgan fingerprint density at radius 1 is 0.643 bits per heavy atom. The van der Waals surface area contributed by atoms with E-state index in [0.29, 0.717) is 0 Å². The van der Waals surface area contributed by atoms with E-state index in [9.17, 15) is 0 Å². The van der Waals surface area contributed by atoms with E-state index in [1.54, 1.807) is 0 Å². The molecule has 70 valence electrons. The van der Waals surface area contributed by atoms with Crippen molar-refractivity contribution in [2.24, 2.45) is 0 Å². The van der Waals surface area contributed by atoms with Gasteiger partial charge in [-0.3, -0.25) is 0 Å². The zero-order chi connectivity index (χ0) is 8.67. The fourth-order valence-electron chi connectivity index (χ4n) is 2.08. The lowest BCUT2D eigenvalue weighted by Crippen LogP contribution is -3.00. The lowest BCUT2D eigenvalue weighted by molar-refractivity contribution is -0.00000249. The molecule has 3 rings (SSSR count). The minimum Gasteiger partial charge on any atom is -1.00 e. The zero-order valence-electron chi connectivity index (χ0n) is 7.70. The molecular formula is C13H10Br-. The number of hydrogen-bond acceptors (Lipinski definition) is 0. The fourth-order valence-corrected chi connectivity index (χ4v) is 2.08. The number of hydrogen-bond donors (Lipinski definition) is 0. The van der Waals surface area contributed by atoms with Crippen LogP contribution in [0.3, 0.4) is 0 Å². The molecule has 14 heavy (non-hydrogen) atoms. The van der Waals surface area contributed by atoms with Gasteiger partial charge in [-0.2, -0.15) is 0 Å². The Kier molecular flexibility index (Phi) is 2.42. The molecule has 0 N–H and O–H groups in total. The summed E-state index contributed by atoms with van der Waals surface area (Å²) in [6.07, 6.45) is 1.10. The Balaban J connectivity index is 0.000000750. The number of rotatable bonds is 0. The molecule has 0 amide bonds. The molecule has 0 heterocycles. The first kappa shape index (κ1) is 9.47. The first-order valence-electron chi connectivity index (χ1n) is 4.61. The second-order valence-electron chi connectivity index (χ2n) is 3.49. The number of benzene rings is 2. The van der Waals surface area contributed by atoms with Gasteiger partial charge in [-0.25, -0.2) is 0 Å². The van der Waals surface area contributed by atoms with Gasteiger partial charge in [0.05, 0.1) is 0 Å². The van der Waals surface area contributed by atoms with Crippen LogP contribution in [0, 0.1) is 0 Å². The highest BCUT2D eigenvalue weighted by atomic mass is 79.9. The van der Waals surface area contributed by atoms with Crippen molar-refractivity contribution in [1.29, 1.82) is 0 Å². The Labute approximate surface area is 94.4 Å². The summed E-state index contributed by atoms with van der Waals surface area (Å²) in [7, 11) is 0. The summed E-state index contributed by atoms with van der Waals surface area (Å²) in [5.41, 5.74) is 5.75. The van der Waals surface area contributed by atoms with E-state index in [-0.39, 0.29) is 17.0 Å². The largest absolute Gasteiger partial charge is 1.00 e. The molecule has 0 fully saturated rings. The summed E-state index contributed by atoms with van der Waals surface area (Å²) in [6, 6.07) is 17.3. The fraction of sp³-hybridized carbons (Fsp3) is 0.0769. The van der Waals surface area contributed by atoms with E-state index in [4.69, 9.17) is 0 Å². The third-order valence-corrected chi connectivity index (χ3v) is 2.71. The van der Waals surface area contributed by atoms with Crippen LogP contribution in [0.1, 0.15) is 11.1 Å². The molecule has 0 saturated carbocycles. The van der Waals surface area contributed by atoms with Gasteiger partial charge in [0.1, 0.15) is 0 Å². The summed E-state index contributed by atoms with van der Waals surface area (Å²) in [5, 5.41) is 0. The summed E-state index contributed by atoms with van der Waals surface area (Å²) >= 11 is 0. The molecule has 0 saturated heterocycles. The summed E-state index contributed by atoms with van der Waals surface area (Å²) in [6.45, 7) is 0. The van der Waals surface area contributed by atoms with Gasteiger partial charge in [0, 0.05) is 0 Å². The topological polar surface area (TPSA) is 0 Å². The molecule has 1 aliphatic rings. The van der Waals surface area contributed by atoms with Gasteiger partial charge in [0.2, 0.25) is 0 Å². The summed E-state index contributed by atoms with van der Waals surface area (Å²) in [4.78, 5) is 0. The van der Waals surface area contributed by atoms with Gasteiger partial charge in [0.25, 0.3) is 0 Å². The molecule has 0 aromatic heterocycles. The Hall–Kier alpha value is -1.08. The highest BCUT2D eigenvalue weighted by molar-refractivity contribution is 5.76. The molecule has 1 heteroatoms. The molecule has 0 aliphatic heterocycles. The van der Waals surface area contributed by atoms with Crippen molar-refractivity contribution in [1.82, 2.24) is 0 Å². The van der Waals surface area contributed by atoms with Crippen LogP contribution in [0.25, 0.3) is 11.1 Å². The molecule has 2 aromatic carbocycles. The highest BCUT2D eigenvalue weighted by Gasteiger charge is 2.15. The molecule has 0 atom stereocenters. The van der Waals surface area contributed by atoms with Crippen LogP contribution >= 0.6 is 0 Å². The maximum Gasteiger partial charge on any atom is -0.00135 e. The first-order valence-corrected chi connectivity index (χ1v) is 4.61. The summed E-state index contributed by atoms with van der Waals surface area (Å²) in [5.74, 6) is 0. The summed E-state index contributed by atoms with van der Waals surface area (Å²) < 4.78 is 0. The number of fused-ring (bicyclic) bond motifs is 3. The van der Waals surface area contributed by atoms with Crippen molar-refractivity contribution in [3.05, 3.63) is 59.7 Å². The third kappa shape index (κ3) is 1.28. The maximum absolute atomic E-state index is 2.22. The molecule has 0 unspecified atom stereocenters. The lowest BCUT2D eigenvalue weighted by atomic mass is 10.1. The first-order chi connectivity index (χ1) is 6.45. The highest BCUT2D eigenvalue weighted by Crippen LogP contribution is 2.35. The van der Waals surface area contributed by atoms with E-state index in [0.717, 1.165) is 6.42 Å². The van der Waals surface area contributed by atoms with E-state index >= 15 is 0 Å². The number of halogens is 1. The molecule has 0 spiro atoms. The Bertz CT molecular complexity index is 417. The minimum absolute atomic E-state index is 0. The van der Waals surface area contributed by atoms with Gasteiger partial charge in [-0.05, 0) is 28.7 Å². The molecule has 1 aliphatic carbocycles. The third-order valence-electron chi connectivity index (χ3n) is 2.71. The average Bonchev–Trinajstić information content (AvgIpc) is 2.56. The van der Waals surface area contributed by atoms with Crippen LogP contribution in [0.2, 0.25) is 0 Å². The Morgan fingerprint density at radius 2 is 1.07 bits per heavy atom. The van der Waals surface area contributed by atoms with Crippen LogP contribution in [0.5, 0.6) is 0 Å². The quantitative estimate of drug-likeness (QED) is 0.534. The van der Waals surface area contributed by atoms with Crippen molar-refractivity contribution in [2.45, 2.75) is 6.42 Å². The van der Waals surface area contributed by atoms with E-state index in [1.165, 1.54) is 22.3 Å². The molecule has 2 aromatic rings. The molecule has 0 nitrogen and oxygen atoms in total. The van der Waals surface area contributed by atoms with Crippen LogP contribution in [-0.2, 0) is 6.42 Å². The van der Waals surface area contributed by atoms with Gasteiger partial charge in [-0.1, -0.05) is 48.5 Å². The minimum atomic E-state index is 0. The van der Waals surface area contributed by atoms with Crippen molar-refractivity contribution < 1.29 is 17.0 Å². The average molecular weight is 246 g/mol. The maximum atomic E-state index is 2.22. The molecular weight excluding hydrogens is 236 g/mol. The van der Waals surface area contributed by atoms with Crippen LogP contribution in [-0.4, -0.2) is 0 Å². The van der Waals surface area contributed by atoms with E-state index in [2.05, 4.69) is 48.5 Å². The van der Waals surface area contributed by atoms with Crippen molar-refractivity contribution in [3.63, 3.8) is 0 Å². The van der Waals surface area contributed by atoms with Gasteiger partial charge in [-0.15, -0.1) is 0 Å². The molecule has 0 bridgehead atoms. The van der Waals surface area contributed by atoms with Crippen LogP contribution in [0.15, 0.2) is 48.5 Å². The Morgan fingerprint density at radius 3 is 1.57 bits per heavy atom. The molecule has 0 radical (unpaired) electrons. The smallest absolute Gasteiger partial charge is 0.00135 e. The second-order valence-corrected chi connectivity index (χ2v) is 3.49. The predicted molar refractivity (Wildman–Crippen MR) is 54.7 cm³/mol.